The van der Waals surface area contributed by atoms with Crippen LogP contribution in [0.5, 0.6) is 0 Å². The quantitative estimate of drug-likeness (QED) is 0.220. The number of piperazine rings is 1. The van der Waals surface area contributed by atoms with Gasteiger partial charge in [0.15, 0.2) is 0 Å². The lowest BCUT2D eigenvalue weighted by Gasteiger charge is -2.44. The van der Waals surface area contributed by atoms with Gasteiger partial charge in [-0.1, -0.05) is 51.4 Å². The minimum atomic E-state index is -0.453. The van der Waals surface area contributed by atoms with Gasteiger partial charge in [0.25, 0.3) is 0 Å². The molecule has 212 valence electrons. The monoisotopic (exact) mass is 568 g/mol. The number of ether oxygens (including phenoxy) is 1. The van der Waals surface area contributed by atoms with E-state index in [0.717, 1.165) is 37.7 Å². The van der Waals surface area contributed by atoms with Crippen molar-refractivity contribution in [1.82, 2.24) is 14.9 Å². The second-order valence-electron chi connectivity index (χ2n) is 9.57. The number of aromatic nitrogens is 2. The van der Waals surface area contributed by atoms with Crippen LogP contribution in [0.1, 0.15) is 65.5 Å². The summed E-state index contributed by atoms with van der Waals surface area (Å²) in [6, 6.07) is 8.27. The molecule has 2 saturated heterocycles. The number of halogens is 2. The van der Waals surface area contributed by atoms with E-state index in [1.54, 1.807) is 7.05 Å². The third kappa shape index (κ3) is 8.93. The Balaban J connectivity index is 0.000000636. The Labute approximate surface area is 237 Å². The Morgan fingerprint density at radius 2 is 1.76 bits per heavy atom. The first-order valence-corrected chi connectivity index (χ1v) is 14.2. The third-order valence-corrected chi connectivity index (χ3v) is 6.83. The van der Waals surface area contributed by atoms with Gasteiger partial charge in [-0.2, -0.15) is 9.97 Å². The van der Waals surface area contributed by atoms with Gasteiger partial charge in [0, 0.05) is 57.0 Å². The van der Waals surface area contributed by atoms with E-state index in [4.69, 9.17) is 27.9 Å². The van der Waals surface area contributed by atoms with Gasteiger partial charge in [0.05, 0.1) is 4.92 Å². The largest absolute Gasteiger partial charge is 0.381 e. The van der Waals surface area contributed by atoms with E-state index in [-0.39, 0.29) is 34.7 Å². The Hall–Kier alpha value is -2.20. The first-order chi connectivity index (χ1) is 18.2. The normalized spacial score (nSPS) is 18.2. The second kappa shape index (κ2) is 16.0. The molecule has 2 fully saturated rings. The number of nitro groups is 1. The molecule has 2 aliphatic rings. The van der Waals surface area contributed by atoms with Crippen molar-refractivity contribution in [2.75, 3.05) is 50.1 Å². The van der Waals surface area contributed by atoms with Gasteiger partial charge in [-0.05, 0) is 61.4 Å². The van der Waals surface area contributed by atoms with E-state index in [1.807, 2.05) is 30.9 Å². The maximum atomic E-state index is 11.8. The minimum Gasteiger partial charge on any atom is -0.381 e. The van der Waals surface area contributed by atoms with E-state index in [9.17, 15) is 10.1 Å². The van der Waals surface area contributed by atoms with Gasteiger partial charge in [0.2, 0.25) is 16.9 Å². The highest BCUT2D eigenvalue weighted by Crippen LogP contribution is 2.37. The summed E-state index contributed by atoms with van der Waals surface area (Å²) in [5.74, 6) is 0.899. The average Bonchev–Trinajstić information content (AvgIpc) is 3.48. The van der Waals surface area contributed by atoms with Crippen LogP contribution >= 0.6 is 23.2 Å². The molecular weight excluding hydrogens is 527 g/mol. The van der Waals surface area contributed by atoms with Crippen LogP contribution in [0.2, 0.25) is 10.3 Å². The van der Waals surface area contributed by atoms with Crippen molar-refractivity contribution < 1.29 is 9.66 Å². The van der Waals surface area contributed by atoms with E-state index >= 15 is 0 Å². The van der Waals surface area contributed by atoms with Crippen molar-refractivity contribution in [1.29, 1.82) is 0 Å². The molecule has 0 aliphatic carbocycles. The van der Waals surface area contributed by atoms with E-state index < -0.39 is 4.92 Å². The third-order valence-electron chi connectivity index (χ3n) is 6.41. The average molecular weight is 570 g/mol. The summed E-state index contributed by atoms with van der Waals surface area (Å²) in [6.07, 6.45) is 3.57. The molecule has 38 heavy (non-hydrogen) atoms. The summed E-state index contributed by atoms with van der Waals surface area (Å²) in [7, 11) is 1.58. The second-order valence-corrected chi connectivity index (χ2v) is 10.3. The molecule has 9 nitrogen and oxygen atoms in total. The maximum absolute atomic E-state index is 11.8. The van der Waals surface area contributed by atoms with Crippen LogP contribution in [0.25, 0.3) is 0 Å². The molecule has 2 aliphatic heterocycles. The molecule has 0 radical (unpaired) electrons. The molecule has 0 amide bonds. The van der Waals surface area contributed by atoms with Gasteiger partial charge in [0.1, 0.15) is 0 Å². The minimum absolute atomic E-state index is 0.00471. The summed E-state index contributed by atoms with van der Waals surface area (Å²) < 4.78 is 4.94. The Bertz CT molecular complexity index is 997. The maximum Gasteiger partial charge on any atom is 0.353 e. The van der Waals surface area contributed by atoms with Crippen molar-refractivity contribution in [3.8, 4) is 0 Å². The van der Waals surface area contributed by atoms with Crippen molar-refractivity contribution in [3.05, 3.63) is 50.2 Å². The fraction of sp³-hybridized carbons (Fsp3) is 0.630. The van der Waals surface area contributed by atoms with Crippen LogP contribution in [0.3, 0.4) is 0 Å². The number of hydrogen-bond donors (Lipinski definition) is 1. The number of benzene rings is 1. The molecule has 11 heteroatoms. The highest BCUT2D eigenvalue weighted by Gasteiger charge is 2.35. The Morgan fingerprint density at radius 1 is 1.13 bits per heavy atom. The highest BCUT2D eigenvalue weighted by molar-refractivity contribution is 6.30. The zero-order valence-corrected chi connectivity index (χ0v) is 24.9. The number of nitrogens with one attached hydrogen (secondary N) is 1. The van der Waals surface area contributed by atoms with Crippen molar-refractivity contribution in [2.24, 2.45) is 5.92 Å². The molecule has 3 heterocycles. The van der Waals surface area contributed by atoms with Gasteiger partial charge in [-0.25, -0.2) is 0 Å². The van der Waals surface area contributed by atoms with E-state index in [0.29, 0.717) is 12.5 Å². The van der Waals surface area contributed by atoms with E-state index in [2.05, 4.69) is 53.1 Å². The standard InChI is InChI=1S/C21H28Cl2N6O2.C4H8O.C2H6/c1-13(2)11-17(15-5-7-16(22)8-6-15)27-9-10-28(14(3)12-27)20-18(29(30)31)19(24-4)25-21(23)26-20;1-2-4-5-3-1;1-2/h5-8,13-14,17H,9-12H2,1-4H3,(H,24,25,26);1-4H2;1-2H3. The molecule has 2 aromatic rings. The summed E-state index contributed by atoms with van der Waals surface area (Å²) >= 11 is 12.2. The molecule has 2 unspecified atom stereocenters. The SMILES string of the molecule is C1CCOC1.CC.CNc1nc(Cl)nc(N2CCN(C(CC(C)C)c3ccc(Cl)cc3)CC2C)c1[N+](=O)[O-]. The van der Waals surface area contributed by atoms with Crippen LogP contribution in [0.4, 0.5) is 17.3 Å². The molecule has 0 saturated carbocycles. The lowest BCUT2D eigenvalue weighted by atomic mass is 9.94. The predicted molar refractivity (Wildman–Crippen MR) is 157 cm³/mol. The number of rotatable bonds is 7. The first kappa shape index (κ1) is 32.0. The fourth-order valence-electron chi connectivity index (χ4n) is 4.68. The lowest BCUT2D eigenvalue weighted by molar-refractivity contribution is -0.383. The summed E-state index contributed by atoms with van der Waals surface area (Å²) in [4.78, 5) is 23.9. The summed E-state index contributed by atoms with van der Waals surface area (Å²) in [5, 5.41) is 15.2. The molecule has 0 bridgehead atoms. The Morgan fingerprint density at radius 3 is 2.24 bits per heavy atom. The zero-order chi connectivity index (χ0) is 28.2. The molecule has 4 rings (SSSR count). The Kier molecular flexibility index (Phi) is 13.5. The molecule has 2 atom stereocenters. The van der Waals surface area contributed by atoms with Gasteiger partial charge in [-0.3, -0.25) is 15.0 Å². The molecule has 1 aromatic heterocycles. The van der Waals surface area contributed by atoms with Crippen molar-refractivity contribution in [3.63, 3.8) is 0 Å². The van der Waals surface area contributed by atoms with Crippen LogP contribution < -0.4 is 10.2 Å². The zero-order valence-electron chi connectivity index (χ0n) is 23.4. The topological polar surface area (TPSA) is 96.7 Å². The smallest absolute Gasteiger partial charge is 0.353 e. The molecule has 1 aromatic carbocycles. The molecule has 1 N–H and O–H groups in total. The van der Waals surface area contributed by atoms with Crippen molar-refractivity contribution in [2.45, 2.75) is 66.0 Å². The van der Waals surface area contributed by atoms with Crippen LogP contribution in [0, 0.1) is 16.0 Å². The number of anilines is 2. The van der Waals surface area contributed by atoms with Gasteiger partial charge >= 0.3 is 5.69 Å². The lowest BCUT2D eigenvalue weighted by Crippen LogP contribution is -2.53. The molecular formula is C27H42Cl2N6O3. The fourth-order valence-corrected chi connectivity index (χ4v) is 4.97. The summed E-state index contributed by atoms with van der Waals surface area (Å²) in [6.45, 7) is 14.6. The number of nitrogens with zero attached hydrogens (tertiary/aromatic N) is 5. The van der Waals surface area contributed by atoms with Crippen LogP contribution in [0.15, 0.2) is 24.3 Å². The van der Waals surface area contributed by atoms with Crippen LogP contribution in [-0.2, 0) is 4.74 Å². The highest BCUT2D eigenvalue weighted by atomic mass is 35.5. The van der Waals surface area contributed by atoms with Gasteiger partial charge < -0.3 is 15.0 Å². The van der Waals surface area contributed by atoms with E-state index in [1.165, 1.54) is 18.4 Å². The van der Waals surface area contributed by atoms with Crippen LogP contribution in [-0.4, -0.2) is 65.7 Å². The number of hydrogen-bond acceptors (Lipinski definition) is 8. The first-order valence-electron chi connectivity index (χ1n) is 13.4. The summed E-state index contributed by atoms with van der Waals surface area (Å²) in [5.41, 5.74) is 1.08. The predicted octanol–water partition coefficient (Wildman–Crippen LogP) is 6.85. The van der Waals surface area contributed by atoms with Gasteiger partial charge in [-0.15, -0.1) is 0 Å². The molecule has 0 spiro atoms. The van der Waals surface area contributed by atoms with Crippen molar-refractivity contribution >= 4 is 40.5 Å².